The molecule has 6 nitrogen and oxygen atoms in total. The second kappa shape index (κ2) is 6.87. The summed E-state index contributed by atoms with van der Waals surface area (Å²) in [6, 6.07) is 9.04. The standard InChI is InChI=1S/C22H23N5O/c1-14-22(15(2)28-26-14)20-12-23-11-19(25-20)21-4-3-9-27(21)13-16-5-6-17-7-8-24-18(17)10-16/h5-8,10-12,21,24H,3-4,9,13H2,1-2H3/t21-/m1/s1. The molecule has 5 rings (SSSR count). The third-order valence-electron chi connectivity index (χ3n) is 5.65. The Morgan fingerprint density at radius 3 is 3.00 bits per heavy atom. The molecular formula is C22H23N5O. The zero-order valence-electron chi connectivity index (χ0n) is 16.1. The molecule has 1 aliphatic rings. The maximum absolute atomic E-state index is 5.31. The van der Waals surface area contributed by atoms with Gasteiger partial charge in [0.25, 0.3) is 0 Å². The summed E-state index contributed by atoms with van der Waals surface area (Å²) in [6.07, 6.45) is 7.97. The van der Waals surface area contributed by atoms with Crippen molar-refractivity contribution in [3.8, 4) is 11.3 Å². The monoisotopic (exact) mass is 373 g/mol. The quantitative estimate of drug-likeness (QED) is 0.567. The molecule has 28 heavy (non-hydrogen) atoms. The summed E-state index contributed by atoms with van der Waals surface area (Å²) in [5.41, 5.74) is 6.18. The molecule has 6 heteroatoms. The lowest BCUT2D eigenvalue weighted by Crippen LogP contribution is -2.23. The minimum absolute atomic E-state index is 0.285. The fourth-order valence-corrected chi connectivity index (χ4v) is 4.29. The van der Waals surface area contributed by atoms with E-state index in [1.165, 1.54) is 22.9 Å². The second-order valence-electron chi connectivity index (χ2n) is 7.56. The minimum Gasteiger partial charge on any atom is -0.361 e. The van der Waals surface area contributed by atoms with Gasteiger partial charge in [0.05, 0.1) is 41.1 Å². The highest BCUT2D eigenvalue weighted by atomic mass is 16.5. The van der Waals surface area contributed by atoms with Crippen molar-refractivity contribution in [1.82, 2.24) is 25.0 Å². The summed E-state index contributed by atoms with van der Waals surface area (Å²) in [5, 5.41) is 5.30. The highest BCUT2D eigenvalue weighted by Crippen LogP contribution is 2.34. The van der Waals surface area contributed by atoms with Crippen LogP contribution in [0, 0.1) is 13.8 Å². The molecule has 4 aromatic rings. The number of H-pyrrole nitrogens is 1. The molecule has 1 aromatic carbocycles. The lowest BCUT2D eigenvalue weighted by atomic mass is 10.1. The molecule has 1 fully saturated rings. The zero-order valence-corrected chi connectivity index (χ0v) is 16.1. The van der Waals surface area contributed by atoms with E-state index in [1.54, 1.807) is 6.20 Å². The summed E-state index contributed by atoms with van der Waals surface area (Å²) < 4.78 is 5.31. The summed E-state index contributed by atoms with van der Waals surface area (Å²) in [7, 11) is 0. The molecule has 0 radical (unpaired) electrons. The van der Waals surface area contributed by atoms with Crippen LogP contribution < -0.4 is 0 Å². The van der Waals surface area contributed by atoms with Crippen molar-refractivity contribution in [1.29, 1.82) is 0 Å². The number of aromatic amines is 1. The van der Waals surface area contributed by atoms with Gasteiger partial charge in [0, 0.05) is 18.3 Å². The van der Waals surface area contributed by atoms with Gasteiger partial charge in [0.15, 0.2) is 0 Å². The van der Waals surface area contributed by atoms with Gasteiger partial charge in [0.2, 0.25) is 0 Å². The van der Waals surface area contributed by atoms with Crippen LogP contribution >= 0.6 is 0 Å². The highest BCUT2D eigenvalue weighted by Gasteiger charge is 2.28. The summed E-state index contributed by atoms with van der Waals surface area (Å²) >= 11 is 0. The number of likely N-dealkylation sites (tertiary alicyclic amines) is 1. The van der Waals surface area contributed by atoms with Crippen LogP contribution in [0.5, 0.6) is 0 Å². The predicted molar refractivity (Wildman–Crippen MR) is 108 cm³/mol. The van der Waals surface area contributed by atoms with Crippen molar-refractivity contribution in [2.24, 2.45) is 0 Å². The van der Waals surface area contributed by atoms with Crippen LogP contribution in [-0.4, -0.2) is 31.6 Å². The van der Waals surface area contributed by atoms with Crippen molar-refractivity contribution in [2.75, 3.05) is 6.54 Å². The Kier molecular flexibility index (Phi) is 4.20. The molecule has 0 saturated carbocycles. The number of nitrogens with zero attached hydrogens (tertiary/aromatic N) is 4. The first kappa shape index (κ1) is 17.1. The van der Waals surface area contributed by atoms with Gasteiger partial charge in [0.1, 0.15) is 5.76 Å². The Morgan fingerprint density at radius 2 is 2.14 bits per heavy atom. The van der Waals surface area contributed by atoms with Crippen LogP contribution in [0.15, 0.2) is 47.4 Å². The average Bonchev–Trinajstić information content (AvgIpc) is 3.42. The molecule has 1 saturated heterocycles. The molecule has 0 spiro atoms. The lowest BCUT2D eigenvalue weighted by Gasteiger charge is -2.24. The molecule has 0 bridgehead atoms. The third kappa shape index (κ3) is 2.99. The van der Waals surface area contributed by atoms with E-state index in [0.29, 0.717) is 0 Å². The number of nitrogens with one attached hydrogen (secondary N) is 1. The van der Waals surface area contributed by atoms with E-state index in [0.717, 1.165) is 47.9 Å². The number of hydrogen-bond donors (Lipinski definition) is 1. The fraction of sp³-hybridized carbons (Fsp3) is 0.318. The van der Waals surface area contributed by atoms with Gasteiger partial charge < -0.3 is 9.51 Å². The Balaban J connectivity index is 1.43. The maximum Gasteiger partial charge on any atom is 0.143 e. The number of hydrogen-bond acceptors (Lipinski definition) is 5. The van der Waals surface area contributed by atoms with E-state index in [-0.39, 0.29) is 6.04 Å². The Labute approximate surface area is 163 Å². The van der Waals surface area contributed by atoms with Crippen molar-refractivity contribution in [3.63, 3.8) is 0 Å². The molecule has 3 aromatic heterocycles. The number of aromatic nitrogens is 4. The Morgan fingerprint density at radius 1 is 1.21 bits per heavy atom. The summed E-state index contributed by atoms with van der Waals surface area (Å²) in [6.45, 7) is 5.85. The van der Waals surface area contributed by atoms with Gasteiger partial charge in [-0.3, -0.25) is 9.88 Å². The molecule has 0 aliphatic carbocycles. The van der Waals surface area contributed by atoms with Gasteiger partial charge >= 0.3 is 0 Å². The van der Waals surface area contributed by atoms with Crippen molar-refractivity contribution in [3.05, 3.63) is 65.6 Å². The third-order valence-corrected chi connectivity index (χ3v) is 5.65. The van der Waals surface area contributed by atoms with E-state index in [1.807, 2.05) is 26.2 Å². The van der Waals surface area contributed by atoms with E-state index in [4.69, 9.17) is 9.51 Å². The Hall–Kier alpha value is -2.99. The topological polar surface area (TPSA) is 70.8 Å². The lowest BCUT2D eigenvalue weighted by molar-refractivity contribution is 0.244. The zero-order chi connectivity index (χ0) is 19.1. The smallest absolute Gasteiger partial charge is 0.143 e. The van der Waals surface area contributed by atoms with Crippen molar-refractivity contribution >= 4 is 10.9 Å². The average molecular weight is 373 g/mol. The number of fused-ring (bicyclic) bond motifs is 1. The molecule has 0 amide bonds. The normalized spacial score (nSPS) is 17.6. The number of rotatable bonds is 4. The SMILES string of the molecule is Cc1noc(C)c1-c1cncc([C@H]2CCCN2Cc2ccc3cc[nH]c3c2)n1. The minimum atomic E-state index is 0.285. The summed E-state index contributed by atoms with van der Waals surface area (Å²) in [5.74, 6) is 0.784. The number of benzene rings is 1. The maximum atomic E-state index is 5.31. The van der Waals surface area contributed by atoms with Crippen LogP contribution in [0.2, 0.25) is 0 Å². The highest BCUT2D eigenvalue weighted by molar-refractivity contribution is 5.79. The molecule has 0 unspecified atom stereocenters. The predicted octanol–water partition coefficient (Wildman–Crippen LogP) is 4.57. The van der Waals surface area contributed by atoms with Gasteiger partial charge in [-0.15, -0.1) is 0 Å². The van der Waals surface area contributed by atoms with Crippen molar-refractivity contribution in [2.45, 2.75) is 39.3 Å². The van der Waals surface area contributed by atoms with E-state index < -0.39 is 0 Å². The first-order valence-corrected chi connectivity index (χ1v) is 9.74. The van der Waals surface area contributed by atoms with Crippen LogP contribution in [-0.2, 0) is 6.54 Å². The van der Waals surface area contributed by atoms with Crippen molar-refractivity contribution < 1.29 is 4.52 Å². The second-order valence-corrected chi connectivity index (χ2v) is 7.56. The first-order valence-electron chi connectivity index (χ1n) is 9.74. The van der Waals surface area contributed by atoms with Gasteiger partial charge in [-0.05, 0) is 56.3 Å². The molecule has 1 N–H and O–H groups in total. The summed E-state index contributed by atoms with van der Waals surface area (Å²) in [4.78, 5) is 15.2. The molecule has 4 heterocycles. The van der Waals surface area contributed by atoms with Gasteiger partial charge in [-0.2, -0.15) is 0 Å². The van der Waals surface area contributed by atoms with Crippen LogP contribution in [0.1, 0.15) is 41.6 Å². The van der Waals surface area contributed by atoms with Gasteiger partial charge in [-0.1, -0.05) is 17.3 Å². The van der Waals surface area contributed by atoms with E-state index in [9.17, 15) is 0 Å². The van der Waals surface area contributed by atoms with Crippen LogP contribution in [0.4, 0.5) is 0 Å². The molecule has 142 valence electrons. The van der Waals surface area contributed by atoms with E-state index in [2.05, 4.69) is 44.3 Å². The first-order chi connectivity index (χ1) is 13.7. The molecule has 1 aliphatic heterocycles. The molecular weight excluding hydrogens is 350 g/mol. The van der Waals surface area contributed by atoms with Crippen LogP contribution in [0.25, 0.3) is 22.2 Å². The number of aryl methyl sites for hydroxylation is 2. The largest absolute Gasteiger partial charge is 0.361 e. The van der Waals surface area contributed by atoms with E-state index >= 15 is 0 Å². The molecule has 1 atom stereocenters. The van der Waals surface area contributed by atoms with Crippen LogP contribution in [0.3, 0.4) is 0 Å². The van der Waals surface area contributed by atoms with Gasteiger partial charge in [-0.25, -0.2) is 4.98 Å². The fourth-order valence-electron chi connectivity index (χ4n) is 4.29. The Bertz CT molecular complexity index is 1110.